The fourth-order valence-electron chi connectivity index (χ4n) is 3.99. The van der Waals surface area contributed by atoms with E-state index in [4.69, 9.17) is 0 Å². The molecule has 0 atom stereocenters. The fourth-order valence-corrected chi connectivity index (χ4v) is 4.50. The molecule has 4 aromatic rings. The molecular formula is C23H21N5OS. The monoisotopic (exact) mass is 415 g/mol. The molecule has 2 N–H and O–H groups in total. The van der Waals surface area contributed by atoms with Crippen molar-refractivity contribution >= 4 is 40.2 Å². The van der Waals surface area contributed by atoms with Gasteiger partial charge in [-0.05, 0) is 52.8 Å². The minimum absolute atomic E-state index is 0.0632. The number of nitrogens with zero attached hydrogens (tertiary/aromatic N) is 3. The molecule has 5 rings (SSSR count). The van der Waals surface area contributed by atoms with Crippen LogP contribution in [0, 0.1) is 0 Å². The molecule has 0 radical (unpaired) electrons. The first-order valence-electron chi connectivity index (χ1n) is 9.71. The van der Waals surface area contributed by atoms with Crippen molar-refractivity contribution in [1.82, 2.24) is 19.9 Å². The molecule has 30 heavy (non-hydrogen) atoms. The van der Waals surface area contributed by atoms with Crippen LogP contribution in [0.2, 0.25) is 0 Å². The van der Waals surface area contributed by atoms with Gasteiger partial charge in [-0.25, -0.2) is 9.97 Å². The first-order chi connectivity index (χ1) is 14.7. The molecular weight excluding hydrogens is 394 g/mol. The second-order valence-electron chi connectivity index (χ2n) is 7.33. The molecule has 3 aromatic heterocycles. The number of amides is 1. The standard InChI is InChI=1S/C23H21N5OS/c1-28-10-8-17-16(7-9-24-22(17)28)15-4-5-19(21-18(15)12-26-23(21)29)27-20-6-3-14(11-25-20)13-30-2/h3-11H,12-13H2,1-2H3,(H,25,27)(H,26,29). The van der Waals surface area contributed by atoms with E-state index in [9.17, 15) is 4.79 Å². The summed E-state index contributed by atoms with van der Waals surface area (Å²) in [6, 6.07) is 12.1. The van der Waals surface area contributed by atoms with Gasteiger partial charge in [-0.1, -0.05) is 12.1 Å². The number of hydrogen-bond donors (Lipinski definition) is 2. The van der Waals surface area contributed by atoms with E-state index >= 15 is 0 Å². The highest BCUT2D eigenvalue weighted by molar-refractivity contribution is 7.97. The van der Waals surface area contributed by atoms with Crippen LogP contribution >= 0.6 is 11.8 Å². The van der Waals surface area contributed by atoms with Gasteiger partial charge in [0, 0.05) is 43.3 Å². The van der Waals surface area contributed by atoms with Gasteiger partial charge < -0.3 is 15.2 Å². The van der Waals surface area contributed by atoms with Gasteiger partial charge in [0.1, 0.15) is 11.5 Å². The minimum Gasteiger partial charge on any atom is -0.348 e. The second-order valence-corrected chi connectivity index (χ2v) is 8.20. The third-order valence-electron chi connectivity index (χ3n) is 5.42. The highest BCUT2D eigenvalue weighted by Crippen LogP contribution is 2.37. The van der Waals surface area contributed by atoms with Crippen molar-refractivity contribution in [2.24, 2.45) is 7.05 Å². The summed E-state index contributed by atoms with van der Waals surface area (Å²) in [4.78, 5) is 21.7. The lowest BCUT2D eigenvalue weighted by molar-refractivity contribution is 0.0966. The maximum Gasteiger partial charge on any atom is 0.254 e. The smallest absolute Gasteiger partial charge is 0.254 e. The van der Waals surface area contributed by atoms with Crippen LogP contribution in [0.25, 0.3) is 22.2 Å². The molecule has 0 unspecified atom stereocenters. The Hall–Kier alpha value is -3.32. The number of aromatic nitrogens is 3. The van der Waals surface area contributed by atoms with Crippen LogP contribution in [-0.4, -0.2) is 26.7 Å². The Balaban J connectivity index is 1.57. The van der Waals surface area contributed by atoms with Gasteiger partial charge in [-0.2, -0.15) is 11.8 Å². The van der Waals surface area contributed by atoms with Crippen molar-refractivity contribution in [1.29, 1.82) is 0 Å². The topological polar surface area (TPSA) is 71.8 Å². The van der Waals surface area contributed by atoms with E-state index in [1.54, 1.807) is 11.8 Å². The Labute approximate surface area is 178 Å². The lowest BCUT2D eigenvalue weighted by Crippen LogP contribution is -2.13. The molecule has 1 amide bonds. The zero-order valence-electron chi connectivity index (χ0n) is 16.8. The number of thioether (sulfide) groups is 1. The molecule has 0 aliphatic carbocycles. The number of nitrogens with one attached hydrogen (secondary N) is 2. The quantitative estimate of drug-likeness (QED) is 0.503. The van der Waals surface area contributed by atoms with E-state index in [2.05, 4.69) is 45.1 Å². The molecule has 6 nitrogen and oxygen atoms in total. The summed E-state index contributed by atoms with van der Waals surface area (Å²) in [5.41, 5.74) is 6.69. The molecule has 150 valence electrons. The number of carbonyl (C=O) groups excluding carboxylic acids is 1. The maximum atomic E-state index is 12.7. The number of benzene rings is 1. The van der Waals surface area contributed by atoms with E-state index in [1.165, 1.54) is 5.56 Å². The average Bonchev–Trinajstić information content (AvgIpc) is 3.34. The third-order valence-corrected chi connectivity index (χ3v) is 6.04. The van der Waals surface area contributed by atoms with Gasteiger partial charge >= 0.3 is 0 Å². The molecule has 0 spiro atoms. The number of rotatable bonds is 5. The number of aryl methyl sites for hydroxylation is 1. The summed E-state index contributed by atoms with van der Waals surface area (Å²) < 4.78 is 2.00. The van der Waals surface area contributed by atoms with E-state index in [0.29, 0.717) is 12.1 Å². The van der Waals surface area contributed by atoms with Crippen molar-refractivity contribution in [2.45, 2.75) is 12.3 Å². The third kappa shape index (κ3) is 3.11. The van der Waals surface area contributed by atoms with Crippen molar-refractivity contribution in [3.8, 4) is 11.1 Å². The zero-order chi connectivity index (χ0) is 20.7. The first-order valence-corrected chi connectivity index (χ1v) is 11.1. The van der Waals surface area contributed by atoms with Crippen LogP contribution in [0.4, 0.5) is 11.5 Å². The van der Waals surface area contributed by atoms with Crippen LogP contribution < -0.4 is 10.6 Å². The minimum atomic E-state index is -0.0632. The fraction of sp³-hybridized carbons (Fsp3) is 0.174. The van der Waals surface area contributed by atoms with Crippen LogP contribution in [0.3, 0.4) is 0 Å². The number of pyridine rings is 2. The molecule has 0 saturated carbocycles. The number of hydrogen-bond acceptors (Lipinski definition) is 5. The van der Waals surface area contributed by atoms with E-state index < -0.39 is 0 Å². The molecule has 1 aliphatic heterocycles. The Bertz CT molecular complexity index is 1260. The molecule has 7 heteroatoms. The van der Waals surface area contributed by atoms with Gasteiger partial charge in [-0.3, -0.25) is 4.79 Å². The molecule has 0 bridgehead atoms. The molecule has 4 heterocycles. The first kappa shape index (κ1) is 18.7. The lowest BCUT2D eigenvalue weighted by Gasteiger charge is -2.14. The van der Waals surface area contributed by atoms with Crippen LogP contribution in [0.1, 0.15) is 21.5 Å². The van der Waals surface area contributed by atoms with Crippen molar-refractivity contribution in [2.75, 3.05) is 11.6 Å². The summed E-state index contributed by atoms with van der Waals surface area (Å²) in [5, 5.41) is 7.38. The van der Waals surface area contributed by atoms with Gasteiger partial charge in [0.2, 0.25) is 0 Å². The summed E-state index contributed by atoms with van der Waals surface area (Å²) >= 11 is 1.76. The summed E-state index contributed by atoms with van der Waals surface area (Å²) in [5.74, 6) is 1.59. The molecule has 1 aliphatic rings. The highest BCUT2D eigenvalue weighted by Gasteiger charge is 2.27. The summed E-state index contributed by atoms with van der Waals surface area (Å²) in [6.07, 6.45) is 7.77. The van der Waals surface area contributed by atoms with Crippen LogP contribution in [-0.2, 0) is 19.3 Å². The highest BCUT2D eigenvalue weighted by atomic mass is 32.2. The SMILES string of the molecule is CSCc1ccc(Nc2ccc(-c3ccnc4c3ccn4C)c3c2C(=O)NC3)nc1. The Morgan fingerprint density at radius 3 is 2.83 bits per heavy atom. The number of anilines is 2. The van der Waals surface area contributed by atoms with Crippen molar-refractivity contribution < 1.29 is 4.79 Å². The Morgan fingerprint density at radius 2 is 2.03 bits per heavy atom. The predicted octanol–water partition coefficient (Wildman–Crippen LogP) is 4.49. The normalized spacial score (nSPS) is 12.8. The van der Waals surface area contributed by atoms with E-state index in [1.807, 2.05) is 48.4 Å². The van der Waals surface area contributed by atoms with Crippen molar-refractivity contribution in [3.63, 3.8) is 0 Å². The van der Waals surface area contributed by atoms with Crippen LogP contribution in [0.15, 0.2) is 55.0 Å². The maximum absolute atomic E-state index is 12.7. The Kier molecular flexibility index (Phi) is 4.67. The second kappa shape index (κ2) is 7.50. The van der Waals surface area contributed by atoms with Crippen molar-refractivity contribution in [3.05, 3.63) is 71.7 Å². The molecule has 1 aromatic carbocycles. The van der Waals surface area contributed by atoms with Gasteiger partial charge in [0.15, 0.2) is 0 Å². The Morgan fingerprint density at radius 1 is 1.13 bits per heavy atom. The van der Waals surface area contributed by atoms with Crippen LogP contribution in [0.5, 0.6) is 0 Å². The van der Waals surface area contributed by atoms with Gasteiger partial charge in [-0.15, -0.1) is 0 Å². The lowest BCUT2D eigenvalue weighted by atomic mass is 9.94. The zero-order valence-corrected chi connectivity index (χ0v) is 17.6. The molecule has 0 fully saturated rings. The largest absolute Gasteiger partial charge is 0.348 e. The van der Waals surface area contributed by atoms with Gasteiger partial charge in [0.05, 0.1) is 11.3 Å². The molecule has 0 saturated heterocycles. The van der Waals surface area contributed by atoms with E-state index in [0.717, 1.165) is 45.0 Å². The summed E-state index contributed by atoms with van der Waals surface area (Å²) in [7, 11) is 1.99. The van der Waals surface area contributed by atoms with Gasteiger partial charge in [0.25, 0.3) is 5.91 Å². The number of fused-ring (bicyclic) bond motifs is 2. The predicted molar refractivity (Wildman–Crippen MR) is 122 cm³/mol. The van der Waals surface area contributed by atoms with E-state index in [-0.39, 0.29) is 5.91 Å². The number of carbonyl (C=O) groups is 1. The average molecular weight is 416 g/mol. The summed E-state index contributed by atoms with van der Waals surface area (Å²) in [6.45, 7) is 0.510.